The lowest BCUT2D eigenvalue weighted by Crippen LogP contribution is -2.33. The molecule has 1 N–H and O–H groups in total. The van der Waals surface area contributed by atoms with Gasteiger partial charge in [0.25, 0.3) is 0 Å². The van der Waals surface area contributed by atoms with Gasteiger partial charge in [0.2, 0.25) is 0 Å². The van der Waals surface area contributed by atoms with E-state index in [0.717, 1.165) is 19.3 Å². The number of carboxylic acids is 1. The van der Waals surface area contributed by atoms with Crippen LogP contribution in [0.3, 0.4) is 0 Å². The van der Waals surface area contributed by atoms with Gasteiger partial charge in [0.05, 0.1) is 11.6 Å². The van der Waals surface area contributed by atoms with Crippen LogP contribution < -0.4 is 5.32 Å². The van der Waals surface area contributed by atoms with Gasteiger partial charge in [0.15, 0.2) is 0 Å². The third kappa shape index (κ3) is 2.96. The van der Waals surface area contributed by atoms with Gasteiger partial charge in [-0.15, -0.1) is 0 Å². The van der Waals surface area contributed by atoms with E-state index in [1.807, 2.05) is 0 Å². The Labute approximate surface area is 94.0 Å². The molecule has 0 aliphatic carbocycles. The Kier molecular flexibility index (Phi) is 4.15. The van der Waals surface area contributed by atoms with Crippen molar-refractivity contribution in [1.82, 2.24) is 5.32 Å². The third-order valence-corrected chi connectivity index (χ3v) is 2.48. The normalized spacial score (nSPS) is 21.0. The molecule has 0 saturated heterocycles. The summed E-state index contributed by atoms with van der Waals surface area (Å²) in [5.74, 6) is -0.395. The van der Waals surface area contributed by atoms with E-state index in [2.05, 4.69) is 17.2 Å². The molecule has 15 heavy (non-hydrogen) atoms. The number of aliphatic carboxylic acids is 1. The first kappa shape index (κ1) is 12.0. The zero-order chi connectivity index (χ0) is 11.4. The van der Waals surface area contributed by atoms with E-state index >= 15 is 0 Å². The number of rotatable bonds is 4. The number of amidine groups is 1. The number of hydrogen-bond acceptors (Lipinski definition) is 2. The van der Waals surface area contributed by atoms with Crippen LogP contribution in [0.5, 0.6) is 0 Å². The molecular weight excluding hydrogens is 216 g/mol. The average Bonchev–Trinajstić information content (AvgIpc) is 2.12. The molecule has 1 radical (unpaired) electrons. The highest BCUT2D eigenvalue weighted by Crippen LogP contribution is 2.21. The van der Waals surface area contributed by atoms with Crippen LogP contribution in [0.4, 0.5) is 0 Å². The molecule has 5 heteroatoms. The molecule has 0 fully saturated rings. The highest BCUT2D eigenvalue weighted by molar-refractivity contribution is 6.32. The molecule has 1 aliphatic rings. The summed E-state index contributed by atoms with van der Waals surface area (Å²) in [6.45, 7) is 3.79. The molecule has 0 bridgehead atoms. The summed E-state index contributed by atoms with van der Waals surface area (Å²) in [6, 6.07) is -0.403. The van der Waals surface area contributed by atoms with Crippen molar-refractivity contribution in [1.29, 1.82) is 0 Å². The Morgan fingerprint density at radius 2 is 2.27 bits per heavy atom. The second-order valence-electron chi connectivity index (χ2n) is 3.45. The average molecular weight is 230 g/mol. The molecule has 0 aromatic rings. The Bertz CT molecular complexity index is 323. The molecule has 0 saturated carbocycles. The first-order valence-corrected chi connectivity index (χ1v) is 5.35. The van der Waals surface area contributed by atoms with Crippen molar-refractivity contribution < 1.29 is 9.90 Å². The van der Waals surface area contributed by atoms with Crippen molar-refractivity contribution in [3.05, 3.63) is 10.7 Å². The minimum Gasteiger partial charge on any atom is -0.478 e. The number of carboxylic acid groups (broad SMARTS) is 1. The van der Waals surface area contributed by atoms with Crippen LogP contribution >= 0.6 is 11.6 Å². The fraction of sp³-hybridized carbons (Fsp3) is 0.600. The smallest absolute Gasteiger partial charge is 0.336 e. The van der Waals surface area contributed by atoms with Crippen molar-refractivity contribution in [2.24, 2.45) is 4.99 Å². The Balaban J connectivity index is 2.83. The summed E-state index contributed by atoms with van der Waals surface area (Å²) in [4.78, 5) is 14.8. The Hall–Kier alpha value is -1.03. The van der Waals surface area contributed by atoms with Crippen molar-refractivity contribution in [3.8, 4) is 0 Å². The van der Waals surface area contributed by atoms with E-state index in [1.165, 1.54) is 0 Å². The van der Waals surface area contributed by atoms with E-state index in [1.54, 1.807) is 6.92 Å². The van der Waals surface area contributed by atoms with Gasteiger partial charge in [-0.3, -0.25) is 5.32 Å². The summed E-state index contributed by atoms with van der Waals surface area (Å²) in [5.41, 5.74) is 0.0805. The molecular formula is C10H14ClN2O2. The summed E-state index contributed by atoms with van der Waals surface area (Å²) >= 11 is 5.80. The summed E-state index contributed by atoms with van der Waals surface area (Å²) in [7, 11) is 0. The number of carbonyl (C=O) groups is 1. The van der Waals surface area contributed by atoms with Gasteiger partial charge in [-0.05, 0) is 13.3 Å². The van der Waals surface area contributed by atoms with Gasteiger partial charge in [0, 0.05) is 6.42 Å². The first-order chi connectivity index (χ1) is 7.06. The van der Waals surface area contributed by atoms with Crippen LogP contribution in [0.2, 0.25) is 0 Å². The highest BCUT2D eigenvalue weighted by atomic mass is 35.5. The van der Waals surface area contributed by atoms with Crippen LogP contribution in [0.1, 0.15) is 33.1 Å². The molecule has 1 heterocycles. The van der Waals surface area contributed by atoms with Crippen molar-refractivity contribution in [3.63, 3.8) is 0 Å². The van der Waals surface area contributed by atoms with Crippen molar-refractivity contribution >= 4 is 23.4 Å². The van der Waals surface area contributed by atoms with Gasteiger partial charge >= 0.3 is 5.97 Å². The Morgan fingerprint density at radius 1 is 1.60 bits per heavy atom. The largest absolute Gasteiger partial charge is 0.478 e. The quantitative estimate of drug-likeness (QED) is 0.751. The first-order valence-electron chi connectivity index (χ1n) is 4.97. The molecule has 0 aromatic carbocycles. The number of unbranched alkanes of at least 4 members (excludes halogenated alkanes) is 1. The van der Waals surface area contributed by atoms with Gasteiger partial charge in [-0.2, -0.15) is 0 Å². The van der Waals surface area contributed by atoms with Gasteiger partial charge in [0.1, 0.15) is 11.0 Å². The number of halogens is 1. The second-order valence-corrected chi connectivity index (χ2v) is 3.80. The van der Waals surface area contributed by atoms with E-state index in [-0.39, 0.29) is 10.7 Å². The zero-order valence-electron chi connectivity index (χ0n) is 8.83. The minimum atomic E-state index is -1.05. The zero-order valence-corrected chi connectivity index (χ0v) is 9.58. The molecule has 1 rings (SSSR count). The standard InChI is InChI=1S/C10H14ClN2O2/c1-3-4-5-7-12-6(2)8(10(14)15)9(11)13-7/h6H,3-5H2,1-2H3,(H,14,15). The molecule has 4 nitrogen and oxygen atoms in total. The maximum absolute atomic E-state index is 10.8. The fourth-order valence-electron chi connectivity index (χ4n) is 1.39. The number of aliphatic imine (C=N–C) groups is 1. The molecule has 1 atom stereocenters. The predicted octanol–water partition coefficient (Wildman–Crippen LogP) is 2.12. The number of hydrogen-bond donors (Lipinski definition) is 1. The lowest BCUT2D eigenvalue weighted by Gasteiger charge is -2.19. The van der Waals surface area contributed by atoms with Crippen LogP contribution in [0, 0.1) is 0 Å². The minimum absolute atomic E-state index is 0.0658. The number of nitrogens with zero attached hydrogens (tertiary/aromatic N) is 2. The summed E-state index contributed by atoms with van der Waals surface area (Å²) in [5, 5.41) is 13.1. The maximum atomic E-state index is 10.8. The molecule has 1 unspecified atom stereocenters. The SMILES string of the molecule is CCCCC1=NC(Cl)=C(C(=O)O)C(C)[N]1. The molecule has 0 aromatic heterocycles. The van der Waals surface area contributed by atoms with Crippen LogP contribution in [0.15, 0.2) is 15.7 Å². The Morgan fingerprint density at radius 3 is 2.73 bits per heavy atom. The third-order valence-electron chi connectivity index (χ3n) is 2.19. The fourth-order valence-corrected chi connectivity index (χ4v) is 1.72. The van der Waals surface area contributed by atoms with E-state index in [0.29, 0.717) is 5.84 Å². The van der Waals surface area contributed by atoms with Crippen LogP contribution in [-0.4, -0.2) is 23.0 Å². The topological polar surface area (TPSA) is 63.8 Å². The molecule has 0 spiro atoms. The summed E-state index contributed by atoms with van der Waals surface area (Å²) in [6.07, 6.45) is 2.79. The predicted molar refractivity (Wildman–Crippen MR) is 59.1 cm³/mol. The second kappa shape index (κ2) is 5.16. The van der Waals surface area contributed by atoms with E-state index in [4.69, 9.17) is 16.7 Å². The molecule has 0 amide bonds. The van der Waals surface area contributed by atoms with Gasteiger partial charge in [-0.25, -0.2) is 9.79 Å². The van der Waals surface area contributed by atoms with Gasteiger partial charge in [-0.1, -0.05) is 24.9 Å². The van der Waals surface area contributed by atoms with Gasteiger partial charge < -0.3 is 5.11 Å². The lowest BCUT2D eigenvalue weighted by atomic mass is 10.1. The van der Waals surface area contributed by atoms with Crippen molar-refractivity contribution in [2.75, 3.05) is 0 Å². The monoisotopic (exact) mass is 229 g/mol. The summed E-state index contributed by atoms with van der Waals surface area (Å²) < 4.78 is 0. The molecule has 1 aliphatic heterocycles. The molecule has 83 valence electrons. The van der Waals surface area contributed by atoms with Crippen LogP contribution in [0.25, 0.3) is 0 Å². The van der Waals surface area contributed by atoms with Crippen molar-refractivity contribution in [2.45, 2.75) is 39.2 Å². The van der Waals surface area contributed by atoms with E-state index in [9.17, 15) is 4.79 Å². The lowest BCUT2D eigenvalue weighted by molar-refractivity contribution is -0.133. The van der Waals surface area contributed by atoms with E-state index < -0.39 is 12.0 Å². The maximum Gasteiger partial charge on any atom is 0.336 e. The highest BCUT2D eigenvalue weighted by Gasteiger charge is 2.26. The van der Waals surface area contributed by atoms with Crippen LogP contribution in [-0.2, 0) is 4.79 Å².